The normalized spacial score (nSPS) is 13.4. The monoisotopic (exact) mass is 767 g/mol. The van der Waals surface area contributed by atoms with Crippen molar-refractivity contribution in [3.8, 4) is 44.5 Å². The summed E-state index contributed by atoms with van der Waals surface area (Å²) in [5, 5.41) is 3.75. The lowest BCUT2D eigenvalue weighted by molar-refractivity contribution is 0.591. The summed E-state index contributed by atoms with van der Waals surface area (Å²) in [6, 6.07) is 78.9. The van der Waals surface area contributed by atoms with Crippen molar-refractivity contribution in [1.29, 1.82) is 0 Å². The lowest BCUT2D eigenvalue weighted by Gasteiger charge is -2.27. The Bertz CT molecular complexity index is 3130. The van der Waals surface area contributed by atoms with Gasteiger partial charge in [0, 0.05) is 33.9 Å². The molecule has 1 aliphatic rings. The maximum atomic E-state index is 6.16. The van der Waals surface area contributed by atoms with Gasteiger partial charge >= 0.3 is 0 Å². The van der Waals surface area contributed by atoms with Crippen molar-refractivity contribution >= 4 is 44.9 Å². The number of hydrogen-bond donors (Lipinski definition) is 0. The van der Waals surface area contributed by atoms with Gasteiger partial charge in [-0.05, 0) is 122 Å². The van der Waals surface area contributed by atoms with Crippen molar-refractivity contribution in [2.24, 2.45) is 0 Å². The van der Waals surface area contributed by atoms with E-state index >= 15 is 0 Å². The Balaban J connectivity index is 0.880. The maximum Gasteiger partial charge on any atom is 0.135 e. The molecule has 10 aromatic rings. The highest BCUT2D eigenvalue weighted by Gasteiger charge is 2.22. The molecule has 0 saturated heterocycles. The smallest absolute Gasteiger partial charge is 0.135 e. The first-order valence-electron chi connectivity index (χ1n) is 20.8. The van der Waals surface area contributed by atoms with Crippen LogP contribution in [0.1, 0.15) is 22.8 Å². The second-order valence-corrected chi connectivity index (χ2v) is 15.7. The van der Waals surface area contributed by atoms with E-state index in [1.54, 1.807) is 0 Å². The summed E-state index contributed by atoms with van der Waals surface area (Å²) < 4.78 is 6.16. The molecule has 1 heterocycles. The summed E-state index contributed by atoms with van der Waals surface area (Å²) in [5.74, 6) is 1.26. The number of para-hydroxylation sites is 1. The van der Waals surface area contributed by atoms with Crippen LogP contribution in [0.2, 0.25) is 0 Å². The van der Waals surface area contributed by atoms with Gasteiger partial charge in [-0.2, -0.15) is 0 Å². The van der Waals surface area contributed by atoms with Gasteiger partial charge in [-0.15, -0.1) is 0 Å². The minimum atomic E-state index is 0.282. The number of nitrogens with zero attached hydrogens (tertiary/aromatic N) is 1. The molecule has 284 valence electrons. The first kappa shape index (κ1) is 35.5. The predicted octanol–water partition coefficient (Wildman–Crippen LogP) is 16.1. The van der Waals surface area contributed by atoms with Crippen LogP contribution in [0, 0.1) is 0 Å². The molecule has 0 amide bonds. The lowest BCUT2D eigenvalue weighted by atomic mass is 9.87. The molecule has 0 bridgehead atoms. The van der Waals surface area contributed by atoms with Gasteiger partial charge in [-0.25, -0.2) is 0 Å². The van der Waals surface area contributed by atoms with Gasteiger partial charge in [0.15, 0.2) is 0 Å². The topological polar surface area (TPSA) is 16.4 Å². The zero-order valence-corrected chi connectivity index (χ0v) is 33.1. The van der Waals surface area contributed by atoms with Crippen molar-refractivity contribution < 1.29 is 4.42 Å². The number of anilines is 3. The molecule has 1 aliphatic carbocycles. The second-order valence-electron chi connectivity index (χ2n) is 15.7. The SMILES string of the molecule is C1=CC(c2ccc(N(c3ccc(-c4ccccc4)cc3)c3ccc(-c4ccc(-c5cccc(-c6cccc7ccccc67)c5)cc4)cc3)cc2)Cc2c1oc1ccccc21. The van der Waals surface area contributed by atoms with Crippen LogP contribution >= 0.6 is 0 Å². The number of rotatable bonds is 8. The van der Waals surface area contributed by atoms with Crippen molar-refractivity contribution in [3.63, 3.8) is 0 Å². The Hall–Kier alpha value is -7.68. The van der Waals surface area contributed by atoms with E-state index in [0.717, 1.165) is 34.8 Å². The van der Waals surface area contributed by atoms with Gasteiger partial charge in [0.2, 0.25) is 0 Å². The maximum absolute atomic E-state index is 6.16. The summed E-state index contributed by atoms with van der Waals surface area (Å²) in [7, 11) is 0. The number of benzene rings is 9. The molecule has 2 heteroatoms. The molecule has 0 N–H and O–H groups in total. The molecule has 0 fully saturated rings. The summed E-state index contributed by atoms with van der Waals surface area (Å²) >= 11 is 0. The number of fused-ring (bicyclic) bond motifs is 4. The quantitative estimate of drug-likeness (QED) is 0.153. The minimum absolute atomic E-state index is 0.282. The molecule has 0 spiro atoms. The third-order valence-corrected chi connectivity index (χ3v) is 12.1. The van der Waals surface area contributed by atoms with E-state index in [0.29, 0.717) is 0 Å². The Morgan fingerprint density at radius 3 is 1.60 bits per heavy atom. The van der Waals surface area contributed by atoms with Gasteiger partial charge in [-0.3, -0.25) is 0 Å². The molecule has 1 atom stereocenters. The van der Waals surface area contributed by atoms with E-state index in [4.69, 9.17) is 4.42 Å². The summed E-state index contributed by atoms with van der Waals surface area (Å²) in [4.78, 5) is 2.35. The van der Waals surface area contributed by atoms with Crippen molar-refractivity contribution in [2.45, 2.75) is 12.3 Å². The summed E-state index contributed by atoms with van der Waals surface area (Å²) in [6.45, 7) is 0. The van der Waals surface area contributed by atoms with Crippen LogP contribution < -0.4 is 4.90 Å². The van der Waals surface area contributed by atoms with E-state index < -0.39 is 0 Å². The predicted molar refractivity (Wildman–Crippen MR) is 252 cm³/mol. The first-order chi connectivity index (χ1) is 29.7. The highest BCUT2D eigenvalue weighted by atomic mass is 16.3. The highest BCUT2D eigenvalue weighted by molar-refractivity contribution is 5.97. The molecular weight excluding hydrogens is 727 g/mol. The Kier molecular flexibility index (Phi) is 9.02. The lowest BCUT2D eigenvalue weighted by Crippen LogP contribution is -2.10. The molecule has 0 aliphatic heterocycles. The van der Waals surface area contributed by atoms with E-state index in [-0.39, 0.29) is 5.92 Å². The number of allylic oxidation sites excluding steroid dienone is 1. The molecular formula is C58H41NO. The van der Waals surface area contributed by atoms with Crippen molar-refractivity contribution in [1.82, 2.24) is 0 Å². The standard InChI is InChI=1S/C58H41NO/c1-2-10-40(11-3-1)42-24-31-50(32-25-42)59(52-35-28-45(29-36-52)48-30-37-58-56(39-48)55-17-6-7-19-57(55)60-58)51-33-26-43(27-34-51)41-20-22-44(23-21-41)47-14-8-15-49(38-47)54-18-9-13-46-12-4-5-16-53(46)54/h1-38,48H,39H2. The van der Waals surface area contributed by atoms with Crippen LogP contribution in [-0.2, 0) is 6.42 Å². The fraction of sp³-hybridized carbons (Fsp3) is 0.0345. The molecule has 0 saturated carbocycles. The van der Waals surface area contributed by atoms with Crippen LogP contribution in [0.25, 0.3) is 72.3 Å². The van der Waals surface area contributed by atoms with Gasteiger partial charge in [-0.1, -0.05) is 176 Å². The van der Waals surface area contributed by atoms with Gasteiger partial charge in [0.05, 0.1) is 0 Å². The van der Waals surface area contributed by atoms with E-state index in [1.165, 1.54) is 71.8 Å². The summed E-state index contributed by atoms with van der Waals surface area (Å²) in [6.07, 6.45) is 5.36. The minimum Gasteiger partial charge on any atom is -0.456 e. The van der Waals surface area contributed by atoms with E-state index in [1.807, 2.05) is 6.07 Å². The van der Waals surface area contributed by atoms with Crippen LogP contribution in [0.4, 0.5) is 17.1 Å². The zero-order chi connectivity index (χ0) is 39.8. The van der Waals surface area contributed by atoms with Crippen molar-refractivity contribution in [3.05, 3.63) is 241 Å². The zero-order valence-electron chi connectivity index (χ0n) is 33.1. The van der Waals surface area contributed by atoms with Gasteiger partial charge in [0.25, 0.3) is 0 Å². The fourth-order valence-corrected chi connectivity index (χ4v) is 8.94. The second kappa shape index (κ2) is 15.2. The third-order valence-electron chi connectivity index (χ3n) is 12.1. The van der Waals surface area contributed by atoms with Crippen LogP contribution in [0.15, 0.2) is 229 Å². The molecule has 1 aromatic heterocycles. The molecule has 60 heavy (non-hydrogen) atoms. The molecule has 11 rings (SSSR count). The van der Waals surface area contributed by atoms with Crippen LogP contribution in [0.3, 0.4) is 0 Å². The van der Waals surface area contributed by atoms with Gasteiger partial charge in [0.1, 0.15) is 11.3 Å². The average Bonchev–Trinajstić information content (AvgIpc) is 3.71. The summed E-state index contributed by atoms with van der Waals surface area (Å²) in [5.41, 5.74) is 16.5. The van der Waals surface area contributed by atoms with Gasteiger partial charge < -0.3 is 9.32 Å². The van der Waals surface area contributed by atoms with Crippen LogP contribution in [0.5, 0.6) is 0 Å². The molecule has 9 aromatic carbocycles. The van der Waals surface area contributed by atoms with E-state index in [2.05, 4.69) is 229 Å². The number of furan rings is 1. The molecule has 1 unspecified atom stereocenters. The Morgan fingerprint density at radius 2 is 0.900 bits per heavy atom. The highest BCUT2D eigenvalue weighted by Crippen LogP contribution is 2.40. The third kappa shape index (κ3) is 6.68. The molecule has 2 nitrogen and oxygen atoms in total. The average molecular weight is 768 g/mol. The number of hydrogen-bond acceptors (Lipinski definition) is 2. The Labute approximate surface area is 351 Å². The molecule has 0 radical (unpaired) electrons. The van der Waals surface area contributed by atoms with E-state index in [9.17, 15) is 0 Å². The fourth-order valence-electron chi connectivity index (χ4n) is 8.94. The first-order valence-corrected chi connectivity index (χ1v) is 20.8. The van der Waals surface area contributed by atoms with Crippen LogP contribution in [-0.4, -0.2) is 0 Å². The van der Waals surface area contributed by atoms with Crippen molar-refractivity contribution in [2.75, 3.05) is 4.90 Å². The Morgan fingerprint density at radius 1 is 0.400 bits per heavy atom. The largest absolute Gasteiger partial charge is 0.456 e.